The number of nitrogens with zero attached hydrogens (tertiary/aromatic N) is 5. The van der Waals surface area contributed by atoms with Gasteiger partial charge < -0.3 is 9.30 Å². The van der Waals surface area contributed by atoms with Crippen molar-refractivity contribution in [1.29, 1.82) is 0 Å². The molecule has 5 rings (SSSR count). The van der Waals surface area contributed by atoms with Crippen LogP contribution in [-0.4, -0.2) is 31.3 Å². The van der Waals surface area contributed by atoms with Gasteiger partial charge in [0.2, 0.25) is 0 Å². The van der Waals surface area contributed by atoms with Crippen molar-refractivity contribution in [3.8, 4) is 17.0 Å². The van der Waals surface area contributed by atoms with E-state index in [9.17, 15) is 4.79 Å². The number of fused-ring (bicyclic) bond motifs is 2. The molecule has 0 bridgehead atoms. The molecule has 0 spiro atoms. The number of methoxy groups -OCH3 is 1. The molecule has 0 fully saturated rings. The molecule has 0 radical (unpaired) electrons. The molecule has 7 nitrogen and oxygen atoms in total. The average Bonchev–Trinajstić information content (AvgIpc) is 3.17. The molecule has 31 heavy (non-hydrogen) atoms. The van der Waals surface area contributed by atoms with Crippen molar-refractivity contribution in [2.45, 2.75) is 45.6 Å². The third kappa shape index (κ3) is 3.60. The van der Waals surface area contributed by atoms with Gasteiger partial charge in [0.25, 0.3) is 11.3 Å². The fourth-order valence-corrected chi connectivity index (χ4v) is 4.33. The molecule has 4 aromatic rings. The van der Waals surface area contributed by atoms with Gasteiger partial charge in [-0.1, -0.05) is 23.8 Å². The van der Waals surface area contributed by atoms with Crippen molar-refractivity contribution in [1.82, 2.24) is 24.1 Å². The van der Waals surface area contributed by atoms with Crippen LogP contribution in [0.25, 0.3) is 27.9 Å². The first-order chi connectivity index (χ1) is 15.1. The lowest BCUT2D eigenvalue weighted by molar-refractivity contribution is 0.415. The number of rotatable bonds is 5. The second kappa shape index (κ2) is 7.98. The molecule has 0 N–H and O–H groups in total. The Morgan fingerprint density at radius 2 is 2.06 bits per heavy atom. The minimum atomic E-state index is -0.0608. The summed E-state index contributed by atoms with van der Waals surface area (Å²) >= 11 is 0. The molecule has 158 valence electrons. The van der Waals surface area contributed by atoms with Crippen molar-refractivity contribution < 1.29 is 4.74 Å². The van der Waals surface area contributed by atoms with Gasteiger partial charge in [-0.2, -0.15) is 9.50 Å². The summed E-state index contributed by atoms with van der Waals surface area (Å²) in [5, 5.41) is 5.08. The molecular formula is C24H25N5O2. The summed E-state index contributed by atoms with van der Waals surface area (Å²) in [5.41, 5.74) is 3.54. The summed E-state index contributed by atoms with van der Waals surface area (Å²) in [6, 6.07) is 9.56. The van der Waals surface area contributed by atoms with Crippen molar-refractivity contribution in [3.63, 3.8) is 0 Å². The van der Waals surface area contributed by atoms with Gasteiger partial charge in [0.05, 0.1) is 23.7 Å². The molecule has 0 saturated carbocycles. The van der Waals surface area contributed by atoms with E-state index < -0.39 is 0 Å². The van der Waals surface area contributed by atoms with Crippen LogP contribution in [0.15, 0.2) is 53.0 Å². The van der Waals surface area contributed by atoms with Gasteiger partial charge in [0.1, 0.15) is 11.6 Å². The molecule has 0 atom stereocenters. The highest BCUT2D eigenvalue weighted by atomic mass is 16.5. The zero-order chi connectivity index (χ0) is 21.4. The maximum Gasteiger partial charge on any atom is 0.262 e. The summed E-state index contributed by atoms with van der Waals surface area (Å²) in [7, 11) is 1.63. The largest absolute Gasteiger partial charge is 0.497 e. The number of aryl methyl sites for hydroxylation is 2. The van der Waals surface area contributed by atoms with Crippen LogP contribution in [0.3, 0.4) is 0 Å². The van der Waals surface area contributed by atoms with Crippen molar-refractivity contribution in [3.05, 3.63) is 64.4 Å². The molecule has 1 aromatic carbocycles. The van der Waals surface area contributed by atoms with Gasteiger partial charge in [-0.25, -0.2) is 4.98 Å². The zero-order valence-electron chi connectivity index (χ0n) is 17.8. The van der Waals surface area contributed by atoms with E-state index in [1.165, 1.54) is 18.4 Å². The molecule has 0 saturated heterocycles. The van der Waals surface area contributed by atoms with Crippen LogP contribution in [0.1, 0.15) is 37.9 Å². The fourth-order valence-electron chi connectivity index (χ4n) is 4.33. The Morgan fingerprint density at radius 3 is 2.87 bits per heavy atom. The van der Waals surface area contributed by atoms with E-state index in [0.29, 0.717) is 40.5 Å². The van der Waals surface area contributed by atoms with Crippen molar-refractivity contribution in [2.75, 3.05) is 7.11 Å². The minimum absolute atomic E-state index is 0.0608. The van der Waals surface area contributed by atoms with E-state index in [1.807, 2.05) is 43.5 Å². The third-order valence-electron chi connectivity index (χ3n) is 5.91. The van der Waals surface area contributed by atoms with Gasteiger partial charge in [0.15, 0.2) is 0 Å². The van der Waals surface area contributed by atoms with E-state index in [4.69, 9.17) is 4.74 Å². The summed E-state index contributed by atoms with van der Waals surface area (Å²) in [6.07, 6.45) is 9.87. The molecule has 0 aliphatic heterocycles. The number of pyridine rings is 1. The Hall–Kier alpha value is -3.48. The zero-order valence-corrected chi connectivity index (χ0v) is 17.8. The minimum Gasteiger partial charge on any atom is -0.497 e. The van der Waals surface area contributed by atoms with Crippen LogP contribution in [-0.2, 0) is 6.54 Å². The Balaban J connectivity index is 1.70. The Kier molecular flexibility index (Phi) is 5.02. The molecule has 3 aromatic heterocycles. The summed E-state index contributed by atoms with van der Waals surface area (Å²) in [4.78, 5) is 22.7. The van der Waals surface area contributed by atoms with Crippen molar-refractivity contribution >= 4 is 16.7 Å². The standard InChI is InChI=1S/C24H25N5O2/c1-16-25-24-26-20-12-14-28(13-11-17-7-4-3-5-8-17)23(30)21(20)22(29(24)27-16)18-9-6-10-19(15-18)31-2/h6-7,9-10,12,14-15H,3-5,8,11,13H2,1-2H3. The summed E-state index contributed by atoms with van der Waals surface area (Å²) in [5.74, 6) is 1.80. The predicted molar refractivity (Wildman–Crippen MR) is 120 cm³/mol. The number of aromatic nitrogens is 5. The number of ether oxygens (including phenoxy) is 1. The smallest absolute Gasteiger partial charge is 0.262 e. The first-order valence-corrected chi connectivity index (χ1v) is 10.7. The number of hydrogen-bond donors (Lipinski definition) is 0. The van der Waals surface area contributed by atoms with Crippen LogP contribution < -0.4 is 10.3 Å². The van der Waals surface area contributed by atoms with E-state index in [1.54, 1.807) is 16.2 Å². The van der Waals surface area contributed by atoms with Crippen LogP contribution in [0, 0.1) is 6.92 Å². The fraction of sp³-hybridized carbons (Fsp3) is 0.333. The maximum atomic E-state index is 13.6. The SMILES string of the molecule is COc1cccc(-c2c3c(=O)n(CCC4=CCCCC4)ccc3nc3nc(C)nn23)c1. The molecule has 3 heterocycles. The number of hydrogen-bond acceptors (Lipinski definition) is 5. The Morgan fingerprint density at radius 1 is 1.16 bits per heavy atom. The van der Waals surface area contributed by atoms with Gasteiger partial charge in [-0.15, -0.1) is 5.10 Å². The second-order valence-electron chi connectivity index (χ2n) is 8.00. The first kappa shape index (κ1) is 19.5. The van der Waals surface area contributed by atoms with Crippen LogP contribution in [0.5, 0.6) is 5.75 Å². The predicted octanol–water partition coefficient (Wildman–Crippen LogP) is 4.31. The Bertz CT molecular complexity index is 1370. The third-order valence-corrected chi connectivity index (χ3v) is 5.91. The van der Waals surface area contributed by atoms with E-state index in [-0.39, 0.29) is 5.56 Å². The van der Waals surface area contributed by atoms with Gasteiger partial charge in [-0.3, -0.25) is 4.79 Å². The molecule has 0 unspecified atom stereocenters. The van der Waals surface area contributed by atoms with E-state index in [0.717, 1.165) is 24.8 Å². The average molecular weight is 415 g/mol. The highest BCUT2D eigenvalue weighted by molar-refractivity contribution is 5.93. The molecule has 1 aliphatic rings. The highest BCUT2D eigenvalue weighted by Crippen LogP contribution is 2.29. The van der Waals surface area contributed by atoms with Crippen molar-refractivity contribution in [2.24, 2.45) is 0 Å². The van der Waals surface area contributed by atoms with Crippen LogP contribution >= 0.6 is 0 Å². The van der Waals surface area contributed by atoms with E-state index >= 15 is 0 Å². The quantitative estimate of drug-likeness (QED) is 0.454. The lowest BCUT2D eigenvalue weighted by Gasteiger charge is -2.15. The van der Waals surface area contributed by atoms with Crippen LogP contribution in [0.2, 0.25) is 0 Å². The first-order valence-electron chi connectivity index (χ1n) is 10.7. The van der Waals surface area contributed by atoms with Crippen LogP contribution in [0.4, 0.5) is 0 Å². The van der Waals surface area contributed by atoms with Gasteiger partial charge >= 0.3 is 0 Å². The Labute approximate surface area is 180 Å². The topological polar surface area (TPSA) is 74.3 Å². The highest BCUT2D eigenvalue weighted by Gasteiger charge is 2.18. The normalized spacial score (nSPS) is 14.2. The molecule has 7 heteroatoms. The lowest BCUT2D eigenvalue weighted by atomic mass is 9.97. The van der Waals surface area contributed by atoms with E-state index in [2.05, 4.69) is 21.1 Å². The number of allylic oxidation sites excluding steroid dienone is 2. The lowest BCUT2D eigenvalue weighted by Crippen LogP contribution is -2.22. The number of benzene rings is 1. The second-order valence-corrected chi connectivity index (χ2v) is 8.00. The molecule has 0 amide bonds. The van der Waals surface area contributed by atoms with Gasteiger partial charge in [-0.05, 0) is 57.2 Å². The van der Waals surface area contributed by atoms with Gasteiger partial charge in [0, 0.05) is 18.3 Å². The maximum absolute atomic E-state index is 13.6. The summed E-state index contributed by atoms with van der Waals surface area (Å²) in [6.45, 7) is 2.48. The summed E-state index contributed by atoms with van der Waals surface area (Å²) < 4.78 is 8.87. The molecule has 1 aliphatic carbocycles. The molecular weight excluding hydrogens is 390 g/mol. The monoisotopic (exact) mass is 415 g/mol.